The lowest BCUT2D eigenvalue weighted by molar-refractivity contribution is 0.102. The Morgan fingerprint density at radius 3 is 2.78 bits per heavy atom. The lowest BCUT2D eigenvalue weighted by Crippen LogP contribution is -2.14. The molecule has 1 aromatic carbocycles. The second-order valence-corrected chi connectivity index (χ2v) is 3.53. The van der Waals surface area contributed by atoms with Gasteiger partial charge in [0.25, 0.3) is 5.91 Å². The Kier molecular flexibility index (Phi) is 3.43. The maximum Gasteiger partial charge on any atom is 0.260 e. The summed E-state index contributed by atoms with van der Waals surface area (Å²) in [4.78, 5) is 15.9. The molecule has 2 N–H and O–H groups in total. The van der Waals surface area contributed by atoms with E-state index < -0.39 is 0 Å². The van der Waals surface area contributed by atoms with Gasteiger partial charge in [-0.1, -0.05) is 12.1 Å². The van der Waals surface area contributed by atoms with Crippen LogP contribution in [0.1, 0.15) is 10.4 Å². The molecule has 92 valence electrons. The first-order chi connectivity index (χ1) is 8.72. The van der Waals surface area contributed by atoms with Crippen LogP contribution in [0.3, 0.4) is 0 Å². The van der Waals surface area contributed by atoms with Gasteiger partial charge in [-0.2, -0.15) is 0 Å². The van der Waals surface area contributed by atoms with Crippen LogP contribution in [-0.2, 0) is 0 Å². The predicted octanol–water partition coefficient (Wildman–Crippen LogP) is 2.05. The molecule has 0 aliphatic rings. The lowest BCUT2D eigenvalue weighted by Gasteiger charge is -2.09. The largest absolute Gasteiger partial charge is 0.504 e. The van der Waals surface area contributed by atoms with Crippen molar-refractivity contribution in [1.82, 2.24) is 4.98 Å². The van der Waals surface area contributed by atoms with Crippen molar-refractivity contribution in [3.63, 3.8) is 0 Å². The number of nitrogens with zero attached hydrogens (tertiary/aromatic N) is 1. The van der Waals surface area contributed by atoms with Crippen LogP contribution in [0.2, 0.25) is 0 Å². The van der Waals surface area contributed by atoms with Gasteiger partial charge >= 0.3 is 0 Å². The van der Waals surface area contributed by atoms with Crippen LogP contribution < -0.4 is 10.1 Å². The summed E-state index contributed by atoms with van der Waals surface area (Å²) in [7, 11) is 1.49. The van der Waals surface area contributed by atoms with E-state index >= 15 is 0 Å². The van der Waals surface area contributed by atoms with E-state index in [0.29, 0.717) is 11.3 Å². The summed E-state index contributed by atoms with van der Waals surface area (Å²) in [5, 5.41) is 12.0. The fourth-order valence-electron chi connectivity index (χ4n) is 1.50. The Morgan fingerprint density at radius 1 is 1.28 bits per heavy atom. The fourth-order valence-corrected chi connectivity index (χ4v) is 1.50. The number of methoxy groups -OCH3 is 1. The van der Waals surface area contributed by atoms with Gasteiger partial charge in [0.15, 0.2) is 11.6 Å². The first-order valence-corrected chi connectivity index (χ1v) is 5.30. The molecule has 0 unspecified atom stereocenters. The van der Waals surface area contributed by atoms with Crippen LogP contribution in [0.25, 0.3) is 0 Å². The van der Waals surface area contributed by atoms with E-state index in [2.05, 4.69) is 10.3 Å². The molecule has 0 aliphatic carbocycles. The fraction of sp³-hybridized carbons (Fsp3) is 0.0769. The predicted molar refractivity (Wildman–Crippen MR) is 66.8 cm³/mol. The zero-order valence-electron chi connectivity index (χ0n) is 9.75. The third kappa shape index (κ3) is 2.40. The molecule has 0 fully saturated rings. The van der Waals surface area contributed by atoms with Crippen LogP contribution in [-0.4, -0.2) is 23.1 Å². The molecule has 2 rings (SSSR count). The minimum absolute atomic E-state index is 0.0826. The van der Waals surface area contributed by atoms with Crippen LogP contribution >= 0.6 is 0 Å². The van der Waals surface area contributed by atoms with Crippen molar-refractivity contribution >= 4 is 11.7 Å². The number of nitrogens with one attached hydrogen (secondary N) is 1. The molecule has 0 saturated carbocycles. The molecular formula is C13H12N2O3. The SMILES string of the molecule is COc1ccccc1C(=O)Nc1ncccc1O. The number of carbonyl (C=O) groups excluding carboxylic acids is 1. The van der Waals surface area contributed by atoms with Gasteiger partial charge in [0.05, 0.1) is 12.7 Å². The van der Waals surface area contributed by atoms with Crippen LogP contribution in [0.5, 0.6) is 11.5 Å². The summed E-state index contributed by atoms with van der Waals surface area (Å²) in [6.45, 7) is 0. The standard InChI is InChI=1S/C13H12N2O3/c1-18-11-7-3-2-5-9(11)13(17)15-12-10(16)6-4-8-14-12/h2-8,16H,1H3,(H,14,15,17). The van der Waals surface area contributed by atoms with Gasteiger partial charge in [-0.05, 0) is 24.3 Å². The second-order valence-electron chi connectivity index (χ2n) is 3.53. The number of benzene rings is 1. The monoisotopic (exact) mass is 244 g/mol. The van der Waals surface area contributed by atoms with Crippen molar-refractivity contribution in [3.05, 3.63) is 48.2 Å². The maximum absolute atomic E-state index is 12.0. The number of anilines is 1. The second kappa shape index (κ2) is 5.18. The lowest BCUT2D eigenvalue weighted by atomic mass is 10.2. The topological polar surface area (TPSA) is 71.5 Å². The number of carbonyl (C=O) groups is 1. The molecule has 18 heavy (non-hydrogen) atoms. The van der Waals surface area contributed by atoms with E-state index in [1.54, 1.807) is 30.3 Å². The molecule has 0 spiro atoms. The van der Waals surface area contributed by atoms with E-state index in [4.69, 9.17) is 4.74 Å². The first-order valence-electron chi connectivity index (χ1n) is 5.30. The van der Waals surface area contributed by atoms with Crippen LogP contribution in [0.15, 0.2) is 42.6 Å². The molecule has 2 aromatic rings. The Balaban J connectivity index is 2.25. The van der Waals surface area contributed by atoms with E-state index in [-0.39, 0.29) is 17.5 Å². The number of aromatic nitrogens is 1. The average molecular weight is 244 g/mol. The van der Waals surface area contributed by atoms with Gasteiger partial charge in [0, 0.05) is 6.20 Å². The van der Waals surface area contributed by atoms with E-state index in [1.165, 1.54) is 19.4 Å². The Bertz CT molecular complexity index is 570. The molecule has 1 heterocycles. The zero-order valence-corrected chi connectivity index (χ0v) is 9.75. The van der Waals surface area contributed by atoms with Crippen molar-refractivity contribution in [2.45, 2.75) is 0 Å². The number of rotatable bonds is 3. The summed E-state index contributed by atoms with van der Waals surface area (Å²) in [6, 6.07) is 9.85. The molecule has 0 aliphatic heterocycles. The van der Waals surface area contributed by atoms with Gasteiger partial charge in [0.1, 0.15) is 5.75 Å². The summed E-state index contributed by atoms with van der Waals surface area (Å²) in [6.07, 6.45) is 1.48. The van der Waals surface area contributed by atoms with E-state index in [0.717, 1.165) is 0 Å². The third-order valence-corrected chi connectivity index (χ3v) is 2.37. The van der Waals surface area contributed by atoms with Gasteiger partial charge in [-0.3, -0.25) is 4.79 Å². The van der Waals surface area contributed by atoms with E-state index in [9.17, 15) is 9.90 Å². The number of amides is 1. The van der Waals surface area contributed by atoms with Crippen molar-refractivity contribution in [2.24, 2.45) is 0 Å². The zero-order chi connectivity index (χ0) is 13.0. The summed E-state index contributed by atoms with van der Waals surface area (Å²) in [5.41, 5.74) is 0.380. The van der Waals surface area contributed by atoms with Gasteiger partial charge in [-0.15, -0.1) is 0 Å². The highest BCUT2D eigenvalue weighted by Gasteiger charge is 2.13. The molecule has 5 heteroatoms. The molecular weight excluding hydrogens is 232 g/mol. The van der Waals surface area contributed by atoms with Crippen molar-refractivity contribution in [2.75, 3.05) is 12.4 Å². The van der Waals surface area contributed by atoms with Gasteiger partial charge in [-0.25, -0.2) is 4.98 Å². The molecule has 0 saturated heterocycles. The Labute approximate surface area is 104 Å². The Morgan fingerprint density at radius 2 is 2.06 bits per heavy atom. The molecule has 0 bridgehead atoms. The van der Waals surface area contributed by atoms with Crippen molar-refractivity contribution in [1.29, 1.82) is 0 Å². The number of hydrogen-bond donors (Lipinski definition) is 2. The van der Waals surface area contributed by atoms with Crippen LogP contribution in [0, 0.1) is 0 Å². The quantitative estimate of drug-likeness (QED) is 0.866. The Hall–Kier alpha value is -2.56. The molecule has 0 radical (unpaired) electrons. The van der Waals surface area contributed by atoms with Crippen molar-refractivity contribution < 1.29 is 14.6 Å². The van der Waals surface area contributed by atoms with Gasteiger partial charge in [0.2, 0.25) is 0 Å². The normalized spacial score (nSPS) is 9.83. The minimum atomic E-state index is -0.388. The van der Waals surface area contributed by atoms with Crippen molar-refractivity contribution in [3.8, 4) is 11.5 Å². The number of para-hydroxylation sites is 1. The number of ether oxygens (including phenoxy) is 1. The first kappa shape index (κ1) is 11.9. The smallest absolute Gasteiger partial charge is 0.260 e. The number of pyridine rings is 1. The molecule has 1 amide bonds. The van der Waals surface area contributed by atoms with E-state index in [1.807, 2.05) is 0 Å². The maximum atomic E-state index is 12.0. The molecule has 5 nitrogen and oxygen atoms in total. The number of hydrogen-bond acceptors (Lipinski definition) is 4. The summed E-state index contributed by atoms with van der Waals surface area (Å²) < 4.78 is 5.09. The minimum Gasteiger partial charge on any atom is -0.504 e. The summed E-state index contributed by atoms with van der Waals surface area (Å²) in [5.74, 6) is 0.112. The number of aromatic hydroxyl groups is 1. The highest BCUT2D eigenvalue weighted by atomic mass is 16.5. The highest BCUT2D eigenvalue weighted by molar-refractivity contribution is 6.06. The van der Waals surface area contributed by atoms with Gasteiger partial charge < -0.3 is 15.2 Å². The molecule has 1 aromatic heterocycles. The molecule has 0 atom stereocenters. The average Bonchev–Trinajstić information content (AvgIpc) is 2.41. The highest BCUT2D eigenvalue weighted by Crippen LogP contribution is 2.22. The van der Waals surface area contributed by atoms with Crippen LogP contribution in [0.4, 0.5) is 5.82 Å². The summed E-state index contributed by atoms with van der Waals surface area (Å²) >= 11 is 0. The third-order valence-electron chi connectivity index (χ3n) is 2.37.